The number of amides is 2. The zero-order valence-corrected chi connectivity index (χ0v) is 26.0. The summed E-state index contributed by atoms with van der Waals surface area (Å²) >= 11 is 0. The Morgan fingerprint density at radius 2 is 1.74 bits per heavy atom. The summed E-state index contributed by atoms with van der Waals surface area (Å²) in [5.41, 5.74) is 3.69. The molecule has 0 spiro atoms. The van der Waals surface area contributed by atoms with Crippen molar-refractivity contribution in [1.82, 2.24) is 29.7 Å². The molecule has 1 aliphatic heterocycles. The van der Waals surface area contributed by atoms with Crippen molar-refractivity contribution in [3.63, 3.8) is 0 Å². The van der Waals surface area contributed by atoms with E-state index in [9.17, 15) is 4.79 Å². The van der Waals surface area contributed by atoms with E-state index in [0.717, 1.165) is 61.0 Å². The van der Waals surface area contributed by atoms with Crippen LogP contribution in [0.2, 0.25) is 0 Å². The Labute approximate surface area is 253 Å². The summed E-state index contributed by atoms with van der Waals surface area (Å²) in [7, 11) is 0. The number of aromatic nitrogens is 5. The highest BCUT2D eigenvalue weighted by molar-refractivity contribution is 5.89. The van der Waals surface area contributed by atoms with Crippen molar-refractivity contribution in [2.45, 2.75) is 103 Å². The maximum absolute atomic E-state index is 13.1. The number of hydrogen-bond acceptors (Lipinski definition) is 6. The van der Waals surface area contributed by atoms with Crippen molar-refractivity contribution >= 4 is 23.4 Å². The first-order valence-corrected chi connectivity index (χ1v) is 15.7. The van der Waals surface area contributed by atoms with Crippen LogP contribution >= 0.6 is 0 Å². The van der Waals surface area contributed by atoms with Gasteiger partial charge in [0.1, 0.15) is 11.6 Å². The van der Waals surface area contributed by atoms with Crippen LogP contribution in [0.1, 0.15) is 83.9 Å². The Kier molecular flexibility index (Phi) is 8.03. The number of anilines is 2. The van der Waals surface area contributed by atoms with Gasteiger partial charge in [-0.15, -0.1) is 10.2 Å². The Hall–Kier alpha value is -4.08. The molecule has 0 unspecified atom stereocenters. The average Bonchev–Trinajstić information content (AvgIpc) is 3.59. The summed E-state index contributed by atoms with van der Waals surface area (Å²) in [6.45, 7) is 11.7. The highest BCUT2D eigenvalue weighted by Gasteiger charge is 2.27. The van der Waals surface area contributed by atoms with Crippen LogP contribution in [0.25, 0.3) is 11.3 Å². The molecule has 1 aliphatic carbocycles. The quantitative estimate of drug-likeness (QED) is 0.272. The minimum absolute atomic E-state index is 0.0882. The Morgan fingerprint density at radius 3 is 2.47 bits per heavy atom. The van der Waals surface area contributed by atoms with E-state index >= 15 is 0 Å². The average molecular weight is 585 g/mol. The third-order valence-electron chi connectivity index (χ3n) is 8.73. The Balaban J connectivity index is 1.06. The molecule has 2 N–H and O–H groups in total. The molecule has 6 rings (SSSR count). The molecule has 1 saturated carbocycles. The third kappa shape index (κ3) is 6.48. The molecule has 2 amide bonds. The maximum Gasteiger partial charge on any atom is 0.320 e. The fraction of sp³-hybridized carbons (Fsp3) is 0.515. The van der Waals surface area contributed by atoms with E-state index in [1.165, 1.54) is 24.8 Å². The van der Waals surface area contributed by atoms with Crippen LogP contribution in [-0.2, 0) is 5.41 Å². The first kappa shape index (κ1) is 29.0. The molecule has 4 heterocycles. The van der Waals surface area contributed by atoms with Gasteiger partial charge in [0.25, 0.3) is 0 Å². The van der Waals surface area contributed by atoms with Gasteiger partial charge in [-0.3, -0.25) is 9.72 Å². The lowest BCUT2D eigenvalue weighted by atomic mass is 9.92. The van der Waals surface area contributed by atoms with Crippen LogP contribution in [0, 0.1) is 6.92 Å². The van der Waals surface area contributed by atoms with Gasteiger partial charge < -0.3 is 15.0 Å². The molecule has 1 atom stereocenters. The van der Waals surface area contributed by atoms with Crippen molar-refractivity contribution < 1.29 is 9.53 Å². The number of ether oxygens (including phenoxy) is 1. The number of fused-ring (bicyclic) bond motifs is 1. The second kappa shape index (κ2) is 11.9. The number of benzene rings is 1. The van der Waals surface area contributed by atoms with Gasteiger partial charge in [-0.1, -0.05) is 38.5 Å². The molecular formula is C33H44N8O2. The molecule has 2 aliphatic rings. The number of hydrogen-bond donors (Lipinski definition) is 2. The molecule has 0 bridgehead atoms. The molecule has 10 nitrogen and oxygen atoms in total. The predicted octanol–water partition coefficient (Wildman–Crippen LogP) is 6.41. The highest BCUT2D eigenvalue weighted by atomic mass is 16.5. The fourth-order valence-electron chi connectivity index (χ4n) is 6.09. The minimum atomic E-state index is -0.212. The van der Waals surface area contributed by atoms with Gasteiger partial charge in [0.2, 0.25) is 5.95 Å². The molecule has 0 radical (unpaired) electrons. The summed E-state index contributed by atoms with van der Waals surface area (Å²) < 4.78 is 10.3. The van der Waals surface area contributed by atoms with Gasteiger partial charge in [-0.2, -0.15) is 5.10 Å². The second-order valence-corrected chi connectivity index (χ2v) is 13.2. The zero-order chi connectivity index (χ0) is 30.1. The molecule has 228 valence electrons. The number of pyridine rings is 1. The van der Waals surface area contributed by atoms with Crippen LogP contribution in [0.15, 0.2) is 48.7 Å². The first-order chi connectivity index (χ1) is 20.6. The standard InChI is InChI=1S/C33H44N8O2/c1-22-9-13-25(14-10-22)41-30(20-28(38-41)33(3,4)5)35-31(42)34-24-11-15-26(16-12-24)43-27-17-18-29-36-37-32(40(29)21-27)39-19-7-6-8-23(39)2/h9-10,13-14,17-18,20-21,23-24,26H,6-8,11-12,15-16,19H2,1-5H3,(H2,34,35,42)/t23-,24?,26?/m0/s1. The number of nitrogens with zero attached hydrogens (tertiary/aromatic N) is 6. The number of carbonyl (C=O) groups excluding carboxylic acids is 1. The smallest absolute Gasteiger partial charge is 0.320 e. The van der Waals surface area contributed by atoms with E-state index in [0.29, 0.717) is 11.9 Å². The molecular weight excluding hydrogens is 540 g/mol. The fourth-order valence-corrected chi connectivity index (χ4v) is 6.09. The van der Waals surface area contributed by atoms with Crippen molar-refractivity contribution in [2.75, 3.05) is 16.8 Å². The van der Waals surface area contributed by atoms with E-state index in [1.54, 1.807) is 0 Å². The largest absolute Gasteiger partial charge is 0.489 e. The highest BCUT2D eigenvalue weighted by Crippen LogP contribution is 2.29. The molecule has 10 heteroatoms. The summed E-state index contributed by atoms with van der Waals surface area (Å²) in [6.07, 6.45) is 9.19. The van der Waals surface area contributed by atoms with Crippen molar-refractivity contribution in [1.29, 1.82) is 0 Å². The van der Waals surface area contributed by atoms with Crippen LogP contribution in [0.4, 0.5) is 16.6 Å². The summed E-state index contributed by atoms with van der Waals surface area (Å²) in [5, 5.41) is 20.0. The predicted molar refractivity (Wildman–Crippen MR) is 169 cm³/mol. The zero-order valence-electron chi connectivity index (χ0n) is 26.0. The number of rotatable bonds is 6. The lowest BCUT2D eigenvalue weighted by Gasteiger charge is -2.33. The molecule has 1 saturated heterocycles. The minimum Gasteiger partial charge on any atom is -0.489 e. The Morgan fingerprint density at radius 1 is 0.977 bits per heavy atom. The van der Waals surface area contributed by atoms with Gasteiger partial charge in [0, 0.05) is 30.1 Å². The molecule has 43 heavy (non-hydrogen) atoms. The maximum atomic E-state index is 13.1. The summed E-state index contributed by atoms with van der Waals surface area (Å²) in [6, 6.07) is 14.4. The first-order valence-electron chi connectivity index (χ1n) is 15.7. The van der Waals surface area contributed by atoms with Crippen molar-refractivity contribution in [2.24, 2.45) is 0 Å². The summed E-state index contributed by atoms with van der Waals surface area (Å²) in [5.74, 6) is 2.38. The number of aryl methyl sites for hydroxylation is 1. The number of urea groups is 1. The number of piperidine rings is 1. The second-order valence-electron chi connectivity index (χ2n) is 13.2. The van der Waals surface area contributed by atoms with Crippen LogP contribution < -0.4 is 20.3 Å². The van der Waals surface area contributed by atoms with Crippen LogP contribution in [0.3, 0.4) is 0 Å². The van der Waals surface area contributed by atoms with E-state index in [4.69, 9.17) is 9.84 Å². The van der Waals surface area contributed by atoms with Crippen LogP contribution in [0.5, 0.6) is 5.75 Å². The van der Waals surface area contributed by atoms with E-state index < -0.39 is 0 Å². The van der Waals surface area contributed by atoms with Gasteiger partial charge in [-0.05, 0) is 83.1 Å². The molecule has 2 fully saturated rings. The molecule has 3 aromatic heterocycles. The van der Waals surface area contributed by atoms with E-state index in [1.807, 2.05) is 41.2 Å². The lowest BCUT2D eigenvalue weighted by Crippen LogP contribution is -2.42. The van der Waals surface area contributed by atoms with E-state index in [-0.39, 0.29) is 23.6 Å². The Bertz CT molecular complexity index is 1560. The third-order valence-corrected chi connectivity index (χ3v) is 8.73. The van der Waals surface area contributed by atoms with Gasteiger partial charge >= 0.3 is 6.03 Å². The van der Waals surface area contributed by atoms with E-state index in [2.05, 4.69) is 76.9 Å². The lowest BCUT2D eigenvalue weighted by molar-refractivity contribution is 0.140. The van der Waals surface area contributed by atoms with Crippen molar-refractivity contribution in [3.8, 4) is 11.4 Å². The van der Waals surface area contributed by atoms with Gasteiger partial charge in [0.05, 0.1) is 23.7 Å². The SMILES string of the molecule is Cc1ccc(-n2nc(C(C)(C)C)cc2NC(=O)NC2CCC(Oc3ccc4nnc(N5CCCC[C@@H]5C)n4c3)CC2)cc1. The summed E-state index contributed by atoms with van der Waals surface area (Å²) in [4.78, 5) is 15.5. The monoisotopic (exact) mass is 584 g/mol. The van der Waals surface area contributed by atoms with Crippen molar-refractivity contribution in [3.05, 3.63) is 59.9 Å². The topological polar surface area (TPSA) is 102 Å². The molecule has 1 aromatic carbocycles. The number of nitrogens with one attached hydrogen (secondary N) is 2. The van der Waals surface area contributed by atoms with Gasteiger partial charge in [-0.25, -0.2) is 9.48 Å². The van der Waals surface area contributed by atoms with Crippen LogP contribution in [-0.4, -0.2) is 55.1 Å². The van der Waals surface area contributed by atoms with Gasteiger partial charge in [0.15, 0.2) is 5.65 Å². The molecule has 4 aromatic rings. The number of carbonyl (C=O) groups is 1. The normalized spacial score (nSPS) is 21.1.